The first kappa shape index (κ1) is 13.1. The van der Waals surface area contributed by atoms with Crippen molar-refractivity contribution in [2.24, 2.45) is 0 Å². The van der Waals surface area contributed by atoms with Gasteiger partial charge in [-0.05, 0) is 30.7 Å². The van der Waals surface area contributed by atoms with Gasteiger partial charge in [0.1, 0.15) is 6.61 Å². The van der Waals surface area contributed by atoms with E-state index in [1.165, 1.54) is 0 Å². The number of aliphatic hydroxyl groups excluding tert-OH is 1. The molecule has 0 aliphatic heterocycles. The monoisotopic (exact) mass is 253 g/mol. The third-order valence-electron chi connectivity index (χ3n) is 2.87. The van der Waals surface area contributed by atoms with Gasteiger partial charge in [-0.2, -0.15) is 0 Å². The maximum Gasteiger partial charge on any atom is 0.251 e. The Hall–Kier alpha value is -2.31. The maximum atomic E-state index is 11.8. The Morgan fingerprint density at radius 3 is 2.53 bits per heavy atom. The Labute approximate surface area is 112 Å². The van der Waals surface area contributed by atoms with Gasteiger partial charge in [0.05, 0.1) is 6.54 Å². The number of pyridine rings is 1. The molecule has 3 nitrogen and oxygen atoms in total. The summed E-state index contributed by atoms with van der Waals surface area (Å²) < 4.78 is 1.73. The Morgan fingerprint density at radius 1 is 1.16 bits per heavy atom. The van der Waals surface area contributed by atoms with Crippen LogP contribution < -0.4 is 5.56 Å². The van der Waals surface area contributed by atoms with Gasteiger partial charge in [-0.25, -0.2) is 0 Å². The van der Waals surface area contributed by atoms with E-state index in [-0.39, 0.29) is 12.2 Å². The Morgan fingerprint density at radius 2 is 1.89 bits per heavy atom. The zero-order valence-electron chi connectivity index (χ0n) is 10.8. The highest BCUT2D eigenvalue weighted by Gasteiger charge is 2.00. The fourth-order valence-corrected chi connectivity index (χ4v) is 1.84. The number of nitrogens with zero attached hydrogens (tertiary/aromatic N) is 1. The molecule has 1 heterocycles. The van der Waals surface area contributed by atoms with Gasteiger partial charge in [-0.15, -0.1) is 0 Å². The third-order valence-corrected chi connectivity index (χ3v) is 2.87. The third kappa shape index (κ3) is 3.34. The van der Waals surface area contributed by atoms with Gasteiger partial charge in [0, 0.05) is 17.3 Å². The molecule has 1 N–H and O–H groups in total. The smallest absolute Gasteiger partial charge is 0.251 e. The molecule has 19 heavy (non-hydrogen) atoms. The predicted octanol–water partition coefficient (Wildman–Crippen LogP) is 1.55. The predicted molar refractivity (Wildman–Crippen MR) is 74.9 cm³/mol. The summed E-state index contributed by atoms with van der Waals surface area (Å²) in [4.78, 5) is 11.8. The Bertz CT molecular complexity index is 672. The molecule has 0 aliphatic carbocycles. The van der Waals surface area contributed by atoms with E-state index in [0.29, 0.717) is 6.54 Å². The van der Waals surface area contributed by atoms with Crippen molar-refractivity contribution in [1.82, 2.24) is 4.57 Å². The Kier molecular flexibility index (Phi) is 4.17. The van der Waals surface area contributed by atoms with Gasteiger partial charge in [0.25, 0.3) is 5.56 Å². The number of benzene rings is 1. The van der Waals surface area contributed by atoms with E-state index in [1.807, 2.05) is 37.3 Å². The summed E-state index contributed by atoms with van der Waals surface area (Å²) >= 11 is 0. The lowest BCUT2D eigenvalue weighted by atomic mass is 10.1. The minimum absolute atomic E-state index is 0.00384. The van der Waals surface area contributed by atoms with Crippen LogP contribution in [-0.2, 0) is 6.54 Å². The summed E-state index contributed by atoms with van der Waals surface area (Å²) in [6, 6.07) is 12.9. The molecule has 0 bridgehead atoms. The fraction of sp³-hybridized carbons (Fsp3) is 0.188. The topological polar surface area (TPSA) is 42.2 Å². The lowest BCUT2D eigenvalue weighted by Gasteiger charge is -2.09. The van der Waals surface area contributed by atoms with Crippen LogP contribution >= 0.6 is 0 Å². The fourth-order valence-electron chi connectivity index (χ4n) is 1.84. The molecular weight excluding hydrogens is 238 g/mol. The van der Waals surface area contributed by atoms with Crippen molar-refractivity contribution in [3.05, 3.63) is 69.6 Å². The second kappa shape index (κ2) is 6.03. The average Bonchev–Trinajstić information content (AvgIpc) is 2.42. The number of rotatable bonds is 2. The molecule has 1 aromatic carbocycles. The van der Waals surface area contributed by atoms with Crippen molar-refractivity contribution in [1.29, 1.82) is 0 Å². The second-order valence-electron chi connectivity index (χ2n) is 4.25. The molecule has 0 unspecified atom stereocenters. The van der Waals surface area contributed by atoms with Crippen molar-refractivity contribution in [3.8, 4) is 11.8 Å². The van der Waals surface area contributed by atoms with Crippen molar-refractivity contribution in [2.75, 3.05) is 6.61 Å². The number of aliphatic hydroxyl groups is 1. The zero-order valence-corrected chi connectivity index (χ0v) is 10.8. The highest BCUT2D eigenvalue weighted by atomic mass is 16.2. The molecule has 96 valence electrons. The molecule has 0 saturated carbocycles. The molecular formula is C16H15NO2. The van der Waals surface area contributed by atoms with Gasteiger partial charge in [-0.3, -0.25) is 4.79 Å². The van der Waals surface area contributed by atoms with Crippen LogP contribution in [0, 0.1) is 18.8 Å². The van der Waals surface area contributed by atoms with Gasteiger partial charge in [-0.1, -0.05) is 30.0 Å². The molecule has 2 aromatic rings. The van der Waals surface area contributed by atoms with Gasteiger partial charge in [0.15, 0.2) is 0 Å². The molecule has 0 saturated heterocycles. The SMILES string of the molecule is Cc1cccc(=O)n1Cc1ccc(C#CCO)cc1. The van der Waals surface area contributed by atoms with Crippen LogP contribution in [0.25, 0.3) is 0 Å². The molecule has 0 aliphatic rings. The minimum Gasteiger partial charge on any atom is -0.384 e. The van der Waals surface area contributed by atoms with Crippen LogP contribution in [0.4, 0.5) is 0 Å². The number of aryl methyl sites for hydroxylation is 1. The first-order valence-electron chi connectivity index (χ1n) is 6.06. The van der Waals surface area contributed by atoms with Crippen LogP contribution in [0.15, 0.2) is 47.3 Å². The standard InChI is InChI=1S/C16H15NO2/c1-13-4-2-6-16(19)17(13)12-15-9-7-14(8-10-15)5-3-11-18/h2,4,6-10,18H,11-12H2,1H3. The van der Waals surface area contributed by atoms with Crippen molar-refractivity contribution in [2.45, 2.75) is 13.5 Å². The first-order valence-corrected chi connectivity index (χ1v) is 6.06. The van der Waals surface area contributed by atoms with Crippen molar-refractivity contribution in [3.63, 3.8) is 0 Å². The second-order valence-corrected chi connectivity index (χ2v) is 4.25. The van der Waals surface area contributed by atoms with E-state index < -0.39 is 0 Å². The molecule has 3 heteroatoms. The van der Waals surface area contributed by atoms with E-state index in [0.717, 1.165) is 16.8 Å². The summed E-state index contributed by atoms with van der Waals surface area (Å²) in [5.41, 5.74) is 2.85. The van der Waals surface area contributed by atoms with Crippen LogP contribution in [0.5, 0.6) is 0 Å². The highest BCUT2D eigenvalue weighted by Crippen LogP contribution is 2.06. The van der Waals surface area contributed by atoms with Crippen LogP contribution in [0.2, 0.25) is 0 Å². The molecule has 0 fully saturated rings. The average molecular weight is 253 g/mol. The highest BCUT2D eigenvalue weighted by molar-refractivity contribution is 5.36. The van der Waals surface area contributed by atoms with E-state index in [4.69, 9.17) is 5.11 Å². The first-order chi connectivity index (χ1) is 9.20. The Balaban J connectivity index is 2.22. The number of hydrogen-bond acceptors (Lipinski definition) is 2. The summed E-state index contributed by atoms with van der Waals surface area (Å²) in [5.74, 6) is 5.44. The molecule has 1 aromatic heterocycles. The van der Waals surface area contributed by atoms with Crippen LogP contribution in [-0.4, -0.2) is 16.3 Å². The van der Waals surface area contributed by atoms with E-state index in [1.54, 1.807) is 16.7 Å². The number of aromatic nitrogens is 1. The summed E-state index contributed by atoms with van der Waals surface area (Å²) in [7, 11) is 0. The zero-order chi connectivity index (χ0) is 13.7. The largest absolute Gasteiger partial charge is 0.384 e. The van der Waals surface area contributed by atoms with Crippen LogP contribution in [0.3, 0.4) is 0 Å². The lowest BCUT2D eigenvalue weighted by Crippen LogP contribution is -2.21. The minimum atomic E-state index is -0.139. The quantitative estimate of drug-likeness (QED) is 0.825. The summed E-state index contributed by atoms with van der Waals surface area (Å²) in [5, 5.41) is 8.63. The summed E-state index contributed by atoms with van der Waals surface area (Å²) in [6.45, 7) is 2.34. The van der Waals surface area contributed by atoms with E-state index in [9.17, 15) is 4.79 Å². The van der Waals surface area contributed by atoms with Gasteiger partial charge in [0.2, 0.25) is 0 Å². The van der Waals surface area contributed by atoms with Crippen molar-refractivity contribution < 1.29 is 5.11 Å². The summed E-state index contributed by atoms with van der Waals surface area (Å²) in [6.07, 6.45) is 0. The normalized spacial score (nSPS) is 9.79. The van der Waals surface area contributed by atoms with Gasteiger partial charge >= 0.3 is 0 Å². The molecule has 0 atom stereocenters. The molecule has 0 spiro atoms. The lowest BCUT2D eigenvalue weighted by molar-refractivity contribution is 0.350. The maximum absolute atomic E-state index is 11.8. The molecule has 0 radical (unpaired) electrons. The molecule has 2 rings (SSSR count). The van der Waals surface area contributed by atoms with E-state index in [2.05, 4.69) is 11.8 Å². The van der Waals surface area contributed by atoms with Crippen LogP contribution in [0.1, 0.15) is 16.8 Å². The molecule has 0 amide bonds. The van der Waals surface area contributed by atoms with Gasteiger partial charge < -0.3 is 9.67 Å². The van der Waals surface area contributed by atoms with Crippen molar-refractivity contribution >= 4 is 0 Å². The van der Waals surface area contributed by atoms with E-state index >= 15 is 0 Å². The number of hydrogen-bond donors (Lipinski definition) is 1.